The van der Waals surface area contributed by atoms with Crippen LogP contribution in [0.3, 0.4) is 0 Å². The van der Waals surface area contributed by atoms with Crippen LogP contribution < -0.4 is 0 Å². The quantitative estimate of drug-likeness (QED) is 0.164. The maximum atomic E-state index is 2.48. The second-order valence-electron chi connectivity index (χ2n) is 17.5. The maximum Gasteiger partial charge on any atom is -0.00199 e. The van der Waals surface area contributed by atoms with Crippen LogP contribution in [0, 0.1) is 0 Å². The highest BCUT2D eigenvalue weighted by Gasteiger charge is 2.28. The smallest absolute Gasteiger partial charge is 0.00199 e. The highest BCUT2D eigenvalue weighted by molar-refractivity contribution is 6.43. The van der Waals surface area contributed by atoms with E-state index in [0.717, 1.165) is 25.7 Å². The van der Waals surface area contributed by atoms with E-state index < -0.39 is 0 Å². The lowest BCUT2D eigenvalue weighted by Crippen LogP contribution is -1.91. The van der Waals surface area contributed by atoms with Gasteiger partial charge in [-0.2, -0.15) is 0 Å². The summed E-state index contributed by atoms with van der Waals surface area (Å²) >= 11 is 0. The molecule has 60 heavy (non-hydrogen) atoms. The predicted octanol–water partition coefficient (Wildman–Crippen LogP) is 17.2. The minimum absolute atomic E-state index is 0.995. The summed E-state index contributed by atoms with van der Waals surface area (Å²) in [5.41, 5.74) is 8.65. The van der Waals surface area contributed by atoms with Gasteiger partial charge in [0, 0.05) is 0 Å². The average molecular weight is 763 g/mol. The molecule has 0 aliphatic rings. The SMILES string of the molecule is CCc1c2c3cccc4cccc(c2c(CC)c2c5ccc(-c6ccc7c8c(CC)c9c%10cccc%11cccc(c9c(CC)c8c8cccc6c87)c%11%10)c6cccc(c12)c65)c43. The Morgan fingerprint density at radius 1 is 0.217 bits per heavy atom. The van der Waals surface area contributed by atoms with Crippen LogP contribution in [0.4, 0.5) is 0 Å². The maximum absolute atomic E-state index is 2.48. The monoisotopic (exact) mass is 762 g/mol. The highest BCUT2D eigenvalue weighted by atomic mass is 14.3. The predicted molar refractivity (Wildman–Crippen MR) is 264 cm³/mol. The van der Waals surface area contributed by atoms with Gasteiger partial charge in [-0.25, -0.2) is 0 Å². The summed E-state index contributed by atoms with van der Waals surface area (Å²) in [7, 11) is 0. The number of hydrogen-bond acceptors (Lipinski definition) is 0. The Kier molecular flexibility index (Phi) is 6.34. The van der Waals surface area contributed by atoms with Crippen molar-refractivity contribution < 1.29 is 0 Å². The van der Waals surface area contributed by atoms with Gasteiger partial charge in [0.2, 0.25) is 0 Å². The van der Waals surface area contributed by atoms with Crippen molar-refractivity contribution in [1.29, 1.82) is 0 Å². The first kappa shape index (κ1) is 33.1. The van der Waals surface area contributed by atoms with Crippen LogP contribution in [0.25, 0.3) is 140 Å². The molecule has 0 radical (unpaired) electrons. The van der Waals surface area contributed by atoms with E-state index in [4.69, 9.17) is 0 Å². The third kappa shape index (κ3) is 3.69. The molecule has 282 valence electrons. The van der Waals surface area contributed by atoms with E-state index in [9.17, 15) is 0 Å². The van der Waals surface area contributed by atoms with Crippen LogP contribution in [-0.2, 0) is 25.7 Å². The standard InChI is InChI=1S/C60H42/c1-5-33-53-41-21-9-15-31-17-11-23-43(49(31)41)55(53)35(7-3)59-47-29-27-37(39-19-13-25-45(51(39)47)57(33)59)38-28-30-48-52-40(38)20-14-26-46(52)58-34(6-2)54-42-22-10-16-32-18-12-24-44(50(32)42)56(54)36(8-4)60(48)58/h9-30H,5-8H2,1-4H3. The van der Waals surface area contributed by atoms with Gasteiger partial charge < -0.3 is 0 Å². The van der Waals surface area contributed by atoms with E-state index in [1.807, 2.05) is 0 Å². The molecule has 0 spiro atoms. The topological polar surface area (TPSA) is 0 Å². The van der Waals surface area contributed by atoms with Gasteiger partial charge in [-0.1, -0.05) is 161 Å². The minimum Gasteiger partial charge on any atom is -0.0612 e. The number of rotatable bonds is 5. The summed E-state index contributed by atoms with van der Waals surface area (Å²) in [6, 6.07) is 51.8. The normalized spacial score (nSPS) is 12.9. The van der Waals surface area contributed by atoms with Gasteiger partial charge in [0.15, 0.2) is 0 Å². The Morgan fingerprint density at radius 2 is 0.450 bits per heavy atom. The lowest BCUT2D eigenvalue weighted by Gasteiger charge is -2.13. The van der Waals surface area contributed by atoms with E-state index in [1.165, 1.54) is 163 Å². The van der Waals surface area contributed by atoms with E-state index >= 15 is 0 Å². The largest absolute Gasteiger partial charge is 0.0612 e. The van der Waals surface area contributed by atoms with Gasteiger partial charge in [-0.3, -0.25) is 0 Å². The first-order chi connectivity index (χ1) is 29.7. The average Bonchev–Trinajstić information content (AvgIpc) is 4.02. The molecule has 0 nitrogen and oxygen atoms in total. The molecule has 0 aromatic heterocycles. The molecule has 0 heterocycles. The summed E-state index contributed by atoms with van der Waals surface area (Å²) in [6.45, 7) is 9.47. The Balaban J connectivity index is 1.10. The third-order valence-corrected chi connectivity index (χ3v) is 15.2. The molecule has 14 aromatic rings. The summed E-state index contributed by atoms with van der Waals surface area (Å²) in [6.07, 6.45) is 3.98. The van der Waals surface area contributed by atoms with Crippen molar-refractivity contribution in [2.24, 2.45) is 0 Å². The van der Waals surface area contributed by atoms with E-state index in [-0.39, 0.29) is 0 Å². The van der Waals surface area contributed by atoms with E-state index in [1.54, 1.807) is 0 Å². The molecule has 0 saturated heterocycles. The van der Waals surface area contributed by atoms with Gasteiger partial charge in [0.05, 0.1) is 0 Å². The fraction of sp³-hybridized carbons (Fsp3) is 0.133. The van der Waals surface area contributed by atoms with Crippen molar-refractivity contribution in [3.63, 3.8) is 0 Å². The molecule has 0 unspecified atom stereocenters. The molecular weight excluding hydrogens is 721 g/mol. The van der Waals surface area contributed by atoms with Crippen molar-refractivity contribution in [3.8, 4) is 11.1 Å². The first-order valence-electron chi connectivity index (χ1n) is 22.3. The Bertz CT molecular complexity index is 3690. The molecule has 0 aliphatic heterocycles. The summed E-state index contributed by atoms with van der Waals surface area (Å²) in [5.74, 6) is 0. The molecule has 0 aliphatic carbocycles. The number of fused-ring (bicyclic) bond motifs is 12. The van der Waals surface area contributed by atoms with Crippen LogP contribution >= 0.6 is 0 Å². The molecule has 0 bridgehead atoms. The van der Waals surface area contributed by atoms with Gasteiger partial charge >= 0.3 is 0 Å². The zero-order valence-corrected chi connectivity index (χ0v) is 34.5. The van der Waals surface area contributed by atoms with Gasteiger partial charge in [-0.15, -0.1) is 0 Å². The van der Waals surface area contributed by atoms with Crippen LogP contribution in [0.2, 0.25) is 0 Å². The zero-order chi connectivity index (χ0) is 39.7. The van der Waals surface area contributed by atoms with Gasteiger partial charge in [0.25, 0.3) is 0 Å². The van der Waals surface area contributed by atoms with Crippen molar-refractivity contribution in [3.05, 3.63) is 156 Å². The summed E-state index contributed by atoms with van der Waals surface area (Å²) in [5, 5.41) is 34.1. The van der Waals surface area contributed by atoms with Crippen molar-refractivity contribution in [2.75, 3.05) is 0 Å². The van der Waals surface area contributed by atoms with Crippen LogP contribution in [-0.4, -0.2) is 0 Å². The Labute approximate surface area is 348 Å². The first-order valence-corrected chi connectivity index (χ1v) is 22.3. The highest BCUT2D eigenvalue weighted by Crippen LogP contribution is 2.54. The zero-order valence-electron chi connectivity index (χ0n) is 34.5. The molecular formula is C60H42. The number of hydrogen-bond donors (Lipinski definition) is 0. The van der Waals surface area contributed by atoms with Crippen molar-refractivity contribution in [1.82, 2.24) is 0 Å². The van der Waals surface area contributed by atoms with Crippen molar-refractivity contribution >= 4 is 129 Å². The summed E-state index contributed by atoms with van der Waals surface area (Å²) < 4.78 is 0. The summed E-state index contributed by atoms with van der Waals surface area (Å²) in [4.78, 5) is 0. The van der Waals surface area contributed by atoms with Gasteiger partial charge in [-0.05, 0) is 188 Å². The molecule has 0 atom stereocenters. The number of aryl methyl sites for hydroxylation is 4. The molecule has 0 amide bonds. The van der Waals surface area contributed by atoms with Crippen LogP contribution in [0.5, 0.6) is 0 Å². The second-order valence-corrected chi connectivity index (χ2v) is 17.5. The molecule has 0 fully saturated rings. The Hall–Kier alpha value is -6.76. The van der Waals surface area contributed by atoms with Crippen LogP contribution in [0.15, 0.2) is 133 Å². The fourth-order valence-electron chi connectivity index (χ4n) is 13.1. The van der Waals surface area contributed by atoms with Gasteiger partial charge in [0.1, 0.15) is 0 Å². The molecule has 0 saturated carbocycles. The molecule has 14 rings (SSSR count). The second kappa shape index (κ2) is 11.5. The van der Waals surface area contributed by atoms with E-state index in [0.29, 0.717) is 0 Å². The van der Waals surface area contributed by atoms with Crippen molar-refractivity contribution in [2.45, 2.75) is 53.4 Å². The number of benzene rings is 10. The minimum atomic E-state index is 0.995. The lowest BCUT2D eigenvalue weighted by atomic mass is 9.90. The fourth-order valence-corrected chi connectivity index (χ4v) is 13.1. The Morgan fingerprint density at radius 3 is 0.733 bits per heavy atom. The third-order valence-electron chi connectivity index (χ3n) is 15.2. The lowest BCUT2D eigenvalue weighted by molar-refractivity contribution is 1.16. The molecule has 0 heteroatoms. The molecule has 0 N–H and O–H groups in total. The molecule has 14 aromatic carbocycles. The van der Waals surface area contributed by atoms with Crippen LogP contribution in [0.1, 0.15) is 49.9 Å². The van der Waals surface area contributed by atoms with E-state index in [2.05, 4.69) is 161 Å².